The van der Waals surface area contributed by atoms with Gasteiger partial charge in [0.15, 0.2) is 0 Å². The minimum Gasteiger partial charge on any atom is -0.366 e. The van der Waals surface area contributed by atoms with Crippen molar-refractivity contribution in [1.82, 2.24) is 19.6 Å². The summed E-state index contributed by atoms with van der Waals surface area (Å²) in [6.45, 7) is 2.02. The van der Waals surface area contributed by atoms with Gasteiger partial charge < -0.3 is 5.32 Å². The summed E-state index contributed by atoms with van der Waals surface area (Å²) >= 11 is 1.33. The SMILES string of the molecule is CC(Nc1cnns1)c1cnccn1. The lowest BCUT2D eigenvalue weighted by Crippen LogP contribution is -2.07. The van der Waals surface area contributed by atoms with Crippen molar-refractivity contribution >= 4 is 16.5 Å². The molecule has 0 spiro atoms. The van der Waals surface area contributed by atoms with E-state index >= 15 is 0 Å². The molecule has 0 aliphatic carbocycles. The number of rotatable bonds is 3. The maximum atomic E-state index is 4.20. The highest BCUT2D eigenvalue weighted by molar-refractivity contribution is 7.09. The van der Waals surface area contributed by atoms with Crippen LogP contribution in [0.4, 0.5) is 5.00 Å². The summed E-state index contributed by atoms with van der Waals surface area (Å²) in [7, 11) is 0. The molecular formula is C8H9N5S. The van der Waals surface area contributed by atoms with Gasteiger partial charge in [-0.3, -0.25) is 9.97 Å². The molecule has 2 aromatic rings. The lowest BCUT2D eigenvalue weighted by Gasteiger charge is -2.10. The summed E-state index contributed by atoms with van der Waals surface area (Å²) < 4.78 is 3.76. The molecule has 0 bridgehead atoms. The highest BCUT2D eigenvalue weighted by atomic mass is 32.1. The lowest BCUT2D eigenvalue weighted by atomic mass is 10.2. The Morgan fingerprint density at radius 1 is 1.36 bits per heavy atom. The van der Waals surface area contributed by atoms with Crippen LogP contribution >= 0.6 is 11.5 Å². The maximum absolute atomic E-state index is 4.20. The van der Waals surface area contributed by atoms with Crippen LogP contribution in [0.3, 0.4) is 0 Å². The zero-order chi connectivity index (χ0) is 9.80. The van der Waals surface area contributed by atoms with Gasteiger partial charge in [-0.25, -0.2) is 0 Å². The molecule has 0 saturated heterocycles. The third-order valence-electron chi connectivity index (χ3n) is 1.75. The van der Waals surface area contributed by atoms with Gasteiger partial charge in [0.2, 0.25) is 0 Å². The molecule has 1 N–H and O–H groups in total. The van der Waals surface area contributed by atoms with Crippen LogP contribution in [0.25, 0.3) is 0 Å². The summed E-state index contributed by atoms with van der Waals surface area (Å²) in [6, 6.07) is 0.117. The van der Waals surface area contributed by atoms with Crippen molar-refractivity contribution in [2.75, 3.05) is 5.32 Å². The van der Waals surface area contributed by atoms with Gasteiger partial charge in [0.05, 0.1) is 24.1 Å². The number of nitrogens with zero attached hydrogens (tertiary/aromatic N) is 4. The van der Waals surface area contributed by atoms with Crippen LogP contribution < -0.4 is 5.32 Å². The van der Waals surface area contributed by atoms with E-state index in [9.17, 15) is 0 Å². The van der Waals surface area contributed by atoms with Crippen LogP contribution in [-0.4, -0.2) is 19.6 Å². The van der Waals surface area contributed by atoms with Crippen molar-refractivity contribution in [1.29, 1.82) is 0 Å². The van der Waals surface area contributed by atoms with Gasteiger partial charge >= 0.3 is 0 Å². The zero-order valence-corrected chi connectivity index (χ0v) is 8.40. The van der Waals surface area contributed by atoms with Crippen molar-refractivity contribution in [3.63, 3.8) is 0 Å². The predicted octanol–water partition coefficient (Wildman–Crippen LogP) is 1.50. The summed E-state index contributed by atoms with van der Waals surface area (Å²) in [5.41, 5.74) is 0.904. The Morgan fingerprint density at radius 2 is 2.29 bits per heavy atom. The van der Waals surface area contributed by atoms with Crippen molar-refractivity contribution in [2.24, 2.45) is 0 Å². The average Bonchev–Trinajstić information content (AvgIpc) is 2.72. The molecule has 1 unspecified atom stereocenters. The molecule has 5 nitrogen and oxygen atoms in total. The van der Waals surface area contributed by atoms with Crippen molar-refractivity contribution < 1.29 is 0 Å². The quantitative estimate of drug-likeness (QED) is 0.826. The highest BCUT2D eigenvalue weighted by Crippen LogP contribution is 2.17. The fourth-order valence-electron chi connectivity index (χ4n) is 1.05. The van der Waals surface area contributed by atoms with Gasteiger partial charge in [0.1, 0.15) is 5.00 Å². The number of anilines is 1. The van der Waals surface area contributed by atoms with Gasteiger partial charge in [-0.1, -0.05) is 4.49 Å². The van der Waals surface area contributed by atoms with Crippen LogP contribution in [0.5, 0.6) is 0 Å². The number of hydrogen-bond donors (Lipinski definition) is 1. The van der Waals surface area contributed by atoms with E-state index < -0.39 is 0 Å². The Bertz CT molecular complexity index is 374. The van der Waals surface area contributed by atoms with Gasteiger partial charge in [-0.15, -0.1) is 5.10 Å². The van der Waals surface area contributed by atoms with E-state index in [4.69, 9.17) is 0 Å². The number of aromatic nitrogens is 4. The summed E-state index contributed by atoms with van der Waals surface area (Å²) in [5, 5.41) is 7.90. The Hall–Kier alpha value is -1.56. The van der Waals surface area contributed by atoms with Crippen molar-refractivity contribution in [3.8, 4) is 0 Å². The normalized spacial score (nSPS) is 12.4. The molecule has 0 amide bonds. The third kappa shape index (κ3) is 2.02. The van der Waals surface area contributed by atoms with Crippen molar-refractivity contribution in [2.45, 2.75) is 13.0 Å². The average molecular weight is 207 g/mol. The molecule has 0 aromatic carbocycles. The largest absolute Gasteiger partial charge is 0.366 e. The van der Waals surface area contributed by atoms with Crippen LogP contribution in [0, 0.1) is 0 Å². The third-order valence-corrected chi connectivity index (χ3v) is 2.34. The van der Waals surface area contributed by atoms with Gasteiger partial charge in [-0.2, -0.15) is 0 Å². The second kappa shape index (κ2) is 4.10. The summed E-state index contributed by atoms with van der Waals surface area (Å²) in [5.74, 6) is 0. The van der Waals surface area contributed by atoms with Crippen LogP contribution in [0.2, 0.25) is 0 Å². The van der Waals surface area contributed by atoms with E-state index in [0.29, 0.717) is 0 Å². The topological polar surface area (TPSA) is 63.6 Å². The molecule has 2 rings (SSSR count). The molecule has 0 aliphatic heterocycles. The molecule has 6 heteroatoms. The molecular weight excluding hydrogens is 198 g/mol. The monoisotopic (exact) mass is 207 g/mol. The van der Waals surface area contributed by atoms with E-state index in [2.05, 4.69) is 24.9 Å². The van der Waals surface area contributed by atoms with Gasteiger partial charge in [0.25, 0.3) is 0 Å². The Balaban J connectivity index is 2.07. The molecule has 14 heavy (non-hydrogen) atoms. The Labute approximate surface area is 85.4 Å². The minimum atomic E-state index is 0.117. The van der Waals surface area contributed by atoms with E-state index in [1.807, 2.05) is 6.92 Å². The van der Waals surface area contributed by atoms with Crippen LogP contribution in [0.1, 0.15) is 18.7 Å². The maximum Gasteiger partial charge on any atom is 0.130 e. The smallest absolute Gasteiger partial charge is 0.130 e. The molecule has 72 valence electrons. The first-order valence-corrected chi connectivity index (χ1v) is 4.93. The molecule has 0 fully saturated rings. The summed E-state index contributed by atoms with van der Waals surface area (Å²) in [6.07, 6.45) is 6.77. The number of nitrogens with one attached hydrogen (secondary N) is 1. The first-order chi connectivity index (χ1) is 6.86. The Kier molecular flexibility index (Phi) is 2.64. The molecule has 0 saturated carbocycles. The highest BCUT2D eigenvalue weighted by Gasteiger charge is 2.07. The molecule has 0 radical (unpaired) electrons. The second-order valence-corrected chi connectivity index (χ2v) is 3.56. The van der Waals surface area contributed by atoms with E-state index in [0.717, 1.165) is 10.7 Å². The molecule has 2 aromatic heterocycles. The molecule has 2 heterocycles. The van der Waals surface area contributed by atoms with Crippen LogP contribution in [0.15, 0.2) is 24.8 Å². The fraction of sp³-hybridized carbons (Fsp3) is 0.250. The first kappa shape index (κ1) is 9.01. The minimum absolute atomic E-state index is 0.117. The predicted molar refractivity (Wildman–Crippen MR) is 54.0 cm³/mol. The summed E-state index contributed by atoms with van der Waals surface area (Å²) in [4.78, 5) is 8.20. The van der Waals surface area contributed by atoms with E-state index in [-0.39, 0.29) is 6.04 Å². The Morgan fingerprint density at radius 3 is 2.93 bits per heavy atom. The van der Waals surface area contributed by atoms with E-state index in [1.165, 1.54) is 11.5 Å². The second-order valence-electron chi connectivity index (χ2n) is 2.78. The fourth-order valence-corrected chi connectivity index (χ4v) is 1.56. The molecule has 1 atom stereocenters. The standard InChI is InChI=1S/C8H9N5S/c1-6(7-4-9-2-3-10-7)12-8-5-11-13-14-8/h2-6,12H,1H3. The van der Waals surface area contributed by atoms with Crippen molar-refractivity contribution in [3.05, 3.63) is 30.5 Å². The van der Waals surface area contributed by atoms with Gasteiger partial charge in [-0.05, 0) is 6.92 Å². The zero-order valence-electron chi connectivity index (χ0n) is 7.58. The molecule has 0 aliphatic rings. The number of hydrogen-bond acceptors (Lipinski definition) is 6. The lowest BCUT2D eigenvalue weighted by molar-refractivity contribution is 0.830. The van der Waals surface area contributed by atoms with E-state index in [1.54, 1.807) is 24.8 Å². The first-order valence-electron chi connectivity index (χ1n) is 4.16. The van der Waals surface area contributed by atoms with Crippen LogP contribution in [-0.2, 0) is 0 Å². The van der Waals surface area contributed by atoms with Gasteiger partial charge in [0, 0.05) is 23.9 Å².